The van der Waals surface area contributed by atoms with E-state index >= 15 is 0 Å². The second kappa shape index (κ2) is 5.60. The Balaban J connectivity index is 2.49. The summed E-state index contributed by atoms with van der Waals surface area (Å²) in [5, 5.41) is 18.8. The van der Waals surface area contributed by atoms with Crippen LogP contribution in [0, 0.1) is 17.2 Å². The molecule has 1 atom stereocenters. The molecule has 1 saturated heterocycles. The van der Waals surface area contributed by atoms with Crippen LogP contribution in [0.5, 0.6) is 0 Å². The first kappa shape index (κ1) is 15.1. The number of rotatable bonds is 3. The van der Waals surface area contributed by atoms with E-state index in [9.17, 15) is 13.5 Å². The molecule has 0 amide bonds. The molecule has 6 nitrogen and oxygen atoms in total. The van der Waals surface area contributed by atoms with E-state index in [2.05, 4.69) is 0 Å². The van der Waals surface area contributed by atoms with Crippen LogP contribution in [0.15, 0.2) is 4.90 Å². The fraction of sp³-hybridized carbons (Fsp3) is 0.583. The number of nitrogens with zero attached hydrogens (tertiary/aromatic N) is 2. The number of piperidine rings is 1. The molecule has 1 aliphatic heterocycles. The van der Waals surface area contributed by atoms with Gasteiger partial charge in [0.15, 0.2) is 9.84 Å². The average molecular weight is 315 g/mol. The van der Waals surface area contributed by atoms with Crippen molar-refractivity contribution >= 4 is 31.9 Å². The lowest BCUT2D eigenvalue weighted by atomic mass is 9.99. The summed E-state index contributed by atoms with van der Waals surface area (Å²) in [6, 6.07) is 1.95. The molecule has 2 heterocycles. The summed E-state index contributed by atoms with van der Waals surface area (Å²) < 4.78 is 23.9. The third-order valence-corrected chi connectivity index (χ3v) is 5.87. The molecule has 1 aliphatic rings. The molecule has 1 aromatic heterocycles. The number of nitriles is 1. The second-order valence-electron chi connectivity index (χ2n) is 5.00. The Morgan fingerprint density at radius 3 is 2.85 bits per heavy atom. The molecule has 1 aromatic rings. The van der Waals surface area contributed by atoms with E-state index in [1.54, 1.807) is 0 Å². The molecule has 3 N–H and O–H groups in total. The maximum Gasteiger partial charge on any atom is 0.180 e. The molecule has 0 bridgehead atoms. The minimum absolute atomic E-state index is 0.0427. The zero-order valence-corrected chi connectivity index (χ0v) is 12.8. The van der Waals surface area contributed by atoms with Gasteiger partial charge in [-0.25, -0.2) is 8.42 Å². The number of sulfone groups is 1. The second-order valence-corrected chi connectivity index (χ2v) is 7.95. The van der Waals surface area contributed by atoms with Crippen LogP contribution < -0.4 is 10.6 Å². The summed E-state index contributed by atoms with van der Waals surface area (Å²) >= 11 is 1.11. The third-order valence-electron chi connectivity index (χ3n) is 3.42. The normalized spacial score (nSPS) is 19.9. The Morgan fingerprint density at radius 1 is 1.60 bits per heavy atom. The fourth-order valence-electron chi connectivity index (χ4n) is 2.46. The van der Waals surface area contributed by atoms with Gasteiger partial charge in [-0.15, -0.1) is 11.3 Å². The van der Waals surface area contributed by atoms with Crippen molar-refractivity contribution in [2.45, 2.75) is 17.7 Å². The Bertz CT molecular complexity index is 646. The summed E-state index contributed by atoms with van der Waals surface area (Å²) in [4.78, 5) is 2.20. The van der Waals surface area contributed by atoms with Crippen LogP contribution >= 0.6 is 11.3 Å². The van der Waals surface area contributed by atoms with Crippen LogP contribution in [0.25, 0.3) is 0 Å². The molecule has 0 spiro atoms. The quantitative estimate of drug-likeness (QED) is 0.855. The molecule has 8 heteroatoms. The highest BCUT2D eigenvalue weighted by molar-refractivity contribution is 7.91. The molecular weight excluding hydrogens is 298 g/mol. The van der Waals surface area contributed by atoms with Crippen molar-refractivity contribution in [3.8, 4) is 6.07 Å². The van der Waals surface area contributed by atoms with Gasteiger partial charge in [0.1, 0.15) is 20.8 Å². The lowest BCUT2D eigenvalue weighted by molar-refractivity contribution is 0.209. The molecule has 1 fully saturated rings. The van der Waals surface area contributed by atoms with Gasteiger partial charge in [-0.3, -0.25) is 0 Å². The van der Waals surface area contributed by atoms with Crippen LogP contribution in [-0.2, 0) is 9.84 Å². The lowest BCUT2D eigenvalue weighted by Crippen LogP contribution is -2.37. The number of aliphatic hydroxyl groups is 1. The Hall–Kier alpha value is -1.30. The van der Waals surface area contributed by atoms with Crippen molar-refractivity contribution in [2.24, 2.45) is 5.92 Å². The molecule has 1 unspecified atom stereocenters. The summed E-state index contributed by atoms with van der Waals surface area (Å²) in [5.41, 5.74) is 5.85. The van der Waals surface area contributed by atoms with Crippen molar-refractivity contribution in [1.29, 1.82) is 5.26 Å². The standard InChI is InChI=1S/C12H17N3O3S2/c1-20(17,18)11-10(14)9(5-13)19-12(11)15-4-2-3-8(6-15)7-16/h8,16H,2-4,6-7,14H2,1H3. The van der Waals surface area contributed by atoms with Crippen LogP contribution in [-0.4, -0.2) is 39.5 Å². The van der Waals surface area contributed by atoms with Crippen molar-refractivity contribution in [3.63, 3.8) is 0 Å². The van der Waals surface area contributed by atoms with Gasteiger partial charge in [-0.2, -0.15) is 5.26 Å². The van der Waals surface area contributed by atoms with E-state index in [4.69, 9.17) is 11.0 Å². The van der Waals surface area contributed by atoms with Gasteiger partial charge in [0.25, 0.3) is 0 Å². The molecule has 20 heavy (non-hydrogen) atoms. The van der Waals surface area contributed by atoms with Gasteiger partial charge in [-0.05, 0) is 18.8 Å². The number of thiophene rings is 1. The number of nitrogen functional groups attached to an aromatic ring is 1. The SMILES string of the molecule is CS(=O)(=O)c1c(N2CCCC(CO)C2)sc(C#N)c1N. The smallest absolute Gasteiger partial charge is 0.180 e. The van der Waals surface area contributed by atoms with Crippen LogP contribution in [0.2, 0.25) is 0 Å². The zero-order valence-electron chi connectivity index (χ0n) is 11.2. The summed E-state index contributed by atoms with van der Waals surface area (Å²) in [5.74, 6) is 0.130. The summed E-state index contributed by atoms with van der Waals surface area (Å²) in [6.07, 6.45) is 2.91. The Kier molecular flexibility index (Phi) is 4.22. The van der Waals surface area contributed by atoms with Gasteiger partial charge in [0.2, 0.25) is 0 Å². The minimum atomic E-state index is -3.50. The first-order valence-corrected chi connectivity index (χ1v) is 8.97. The van der Waals surface area contributed by atoms with Crippen molar-refractivity contribution in [3.05, 3.63) is 4.88 Å². The van der Waals surface area contributed by atoms with Crippen molar-refractivity contribution < 1.29 is 13.5 Å². The summed E-state index contributed by atoms with van der Waals surface area (Å²) in [6.45, 7) is 1.38. The van der Waals surface area contributed by atoms with E-state index in [-0.39, 0.29) is 28.0 Å². The van der Waals surface area contributed by atoms with Gasteiger partial charge in [0.05, 0.1) is 5.69 Å². The number of aliphatic hydroxyl groups excluding tert-OH is 1. The monoisotopic (exact) mass is 315 g/mol. The van der Waals surface area contributed by atoms with Gasteiger partial charge >= 0.3 is 0 Å². The Labute approximate surface area is 122 Å². The maximum atomic E-state index is 11.9. The first-order chi connectivity index (χ1) is 9.38. The highest BCUT2D eigenvalue weighted by atomic mass is 32.2. The van der Waals surface area contributed by atoms with Crippen LogP contribution in [0.1, 0.15) is 17.7 Å². The van der Waals surface area contributed by atoms with E-state index in [0.29, 0.717) is 18.1 Å². The first-order valence-electron chi connectivity index (χ1n) is 6.26. The third kappa shape index (κ3) is 2.75. The molecule has 110 valence electrons. The maximum absolute atomic E-state index is 11.9. The highest BCUT2D eigenvalue weighted by Crippen LogP contribution is 2.42. The molecule has 0 aliphatic carbocycles. The van der Waals surface area contributed by atoms with E-state index < -0.39 is 9.84 Å². The van der Waals surface area contributed by atoms with Gasteiger partial charge in [-0.1, -0.05) is 0 Å². The molecule has 2 rings (SSSR count). The van der Waals surface area contributed by atoms with Gasteiger partial charge < -0.3 is 15.7 Å². The Morgan fingerprint density at radius 2 is 2.30 bits per heavy atom. The van der Waals surface area contributed by atoms with E-state index in [0.717, 1.165) is 30.4 Å². The number of nitrogens with two attached hydrogens (primary N) is 1. The lowest BCUT2D eigenvalue weighted by Gasteiger charge is -2.33. The molecular formula is C12H17N3O3S2. The molecule has 0 aromatic carbocycles. The van der Waals surface area contributed by atoms with E-state index in [1.807, 2.05) is 11.0 Å². The minimum Gasteiger partial charge on any atom is -0.396 e. The van der Waals surface area contributed by atoms with E-state index in [1.165, 1.54) is 0 Å². The fourth-order valence-corrected chi connectivity index (χ4v) is 5.00. The summed E-state index contributed by atoms with van der Waals surface area (Å²) in [7, 11) is -3.50. The number of hydrogen-bond acceptors (Lipinski definition) is 7. The topological polar surface area (TPSA) is 107 Å². The predicted octanol–water partition coefficient (Wildman–Crippen LogP) is 0.814. The predicted molar refractivity (Wildman–Crippen MR) is 78.6 cm³/mol. The largest absolute Gasteiger partial charge is 0.396 e. The molecule has 0 saturated carbocycles. The number of hydrogen-bond donors (Lipinski definition) is 2. The zero-order chi connectivity index (χ0) is 14.9. The van der Waals surface area contributed by atoms with Crippen LogP contribution in [0.4, 0.5) is 10.7 Å². The van der Waals surface area contributed by atoms with Gasteiger partial charge in [0, 0.05) is 26.0 Å². The van der Waals surface area contributed by atoms with Crippen molar-refractivity contribution in [2.75, 3.05) is 36.6 Å². The average Bonchev–Trinajstić information content (AvgIpc) is 2.75. The van der Waals surface area contributed by atoms with Crippen molar-refractivity contribution in [1.82, 2.24) is 0 Å². The highest BCUT2D eigenvalue weighted by Gasteiger charge is 2.30. The number of anilines is 2. The molecule has 0 radical (unpaired) electrons. The van der Waals surface area contributed by atoms with Crippen LogP contribution in [0.3, 0.4) is 0 Å².